The number of nitrogens with zero attached hydrogens (tertiary/aromatic N) is 4. The van der Waals surface area contributed by atoms with E-state index < -0.39 is 57.9 Å². The molecule has 5 aromatic heterocycles. The first-order valence-electron chi connectivity index (χ1n) is 38.9. The standard InChI is InChI=1S/C97H84N8O12/c1-50(2)57-20-26-65(27-21-57)114-77-46-69-81-71(95(112)104(93(69)110)73(40-55-32-36-98-37-33-55)91(108)102-63-18-14-16-61(44-63)100-89(106)53(7)8)48-79-85-86-80(117-76-31-23-59(52(5)6)43-68(76)67-42-58(51(3)4)22-30-75(67)116-79)49-72-82-70(47-78(84(88(82)86)83(77)87(81)85)115-66-28-24-60(25-29-66)97(11,12)13)94(111)105(96(72)113)74(41-56-34-38-99-39-35-56)92(109)103-64-19-15-17-62(45-64)101-90(107)54(9)10/h14-39,42-52,73-74H,7,9,40-41H2,1-6,8,10-13H3,(H,100,106)(H,101,107)(H,102,108)(H,103,109). The Morgan fingerprint density at radius 3 is 1.10 bits per heavy atom. The molecule has 4 N–H and O–H groups in total. The first-order chi connectivity index (χ1) is 56.0. The van der Waals surface area contributed by atoms with E-state index in [0.717, 1.165) is 31.4 Å². The summed E-state index contributed by atoms with van der Waals surface area (Å²) in [5.74, 6) is -1.55. The Morgan fingerprint density at radius 2 is 0.744 bits per heavy atom. The van der Waals surface area contributed by atoms with Crippen molar-refractivity contribution >= 4 is 144 Å². The number of fused-ring (bicyclic) bond motifs is 4. The third kappa shape index (κ3) is 14.4. The van der Waals surface area contributed by atoms with Gasteiger partial charge in [0, 0.05) is 125 Å². The molecule has 11 aromatic carbocycles. The molecule has 5 heterocycles. The Morgan fingerprint density at radius 1 is 0.393 bits per heavy atom. The Bertz CT molecular complexity index is 7080. The number of carbonyl (C=O) groups is 4. The number of aromatic nitrogens is 4. The van der Waals surface area contributed by atoms with Gasteiger partial charge >= 0.3 is 0 Å². The smallest absolute Gasteiger partial charge is 0.262 e. The predicted octanol–water partition coefficient (Wildman–Crippen LogP) is 20.6. The first-order valence-corrected chi connectivity index (χ1v) is 38.9. The highest BCUT2D eigenvalue weighted by molar-refractivity contribution is 6.46. The lowest BCUT2D eigenvalue weighted by molar-refractivity contribution is -0.120. The summed E-state index contributed by atoms with van der Waals surface area (Å²) >= 11 is 0. The molecule has 0 aliphatic carbocycles. The molecule has 0 saturated heterocycles. The molecule has 20 nitrogen and oxygen atoms in total. The van der Waals surface area contributed by atoms with Gasteiger partial charge in [-0.3, -0.25) is 57.5 Å². The van der Waals surface area contributed by atoms with E-state index in [4.69, 9.17) is 18.3 Å². The molecule has 16 rings (SSSR count). The highest BCUT2D eigenvalue weighted by Crippen LogP contribution is 2.54. The molecule has 0 aliphatic rings. The minimum atomic E-state index is -1.58. The fraction of sp³-hybridized carbons (Fsp3) is 0.196. The zero-order valence-corrected chi connectivity index (χ0v) is 66.5. The lowest BCUT2D eigenvalue weighted by Crippen LogP contribution is -2.42. The van der Waals surface area contributed by atoms with Gasteiger partial charge in [-0.25, -0.2) is 0 Å². The summed E-state index contributed by atoms with van der Waals surface area (Å²) in [6.07, 6.45) is 5.83. The van der Waals surface area contributed by atoms with Crippen LogP contribution in [0.1, 0.15) is 139 Å². The van der Waals surface area contributed by atoms with Crippen molar-refractivity contribution in [3.63, 3.8) is 0 Å². The Balaban J connectivity index is 1.10. The third-order valence-corrected chi connectivity index (χ3v) is 21.9. The van der Waals surface area contributed by atoms with Crippen molar-refractivity contribution in [2.24, 2.45) is 0 Å². The topological polar surface area (TPSA) is 265 Å². The molecule has 2 atom stereocenters. The molecule has 20 heteroatoms. The third-order valence-electron chi connectivity index (χ3n) is 21.9. The summed E-state index contributed by atoms with van der Waals surface area (Å²) in [5, 5.41) is 14.3. The minimum Gasteiger partial charge on any atom is -0.457 e. The number of pyridine rings is 4. The van der Waals surface area contributed by atoms with Gasteiger partial charge in [0.05, 0.1) is 21.5 Å². The average Bonchev–Trinajstić information content (AvgIpc) is 0.668. The van der Waals surface area contributed by atoms with Crippen LogP contribution in [0.5, 0.6) is 23.0 Å². The molecule has 0 radical (unpaired) electrons. The maximum atomic E-state index is 16.9. The molecule has 584 valence electrons. The van der Waals surface area contributed by atoms with Crippen molar-refractivity contribution < 1.29 is 37.5 Å². The predicted molar refractivity (Wildman–Crippen MR) is 466 cm³/mol. The molecule has 0 saturated carbocycles. The van der Waals surface area contributed by atoms with E-state index in [-0.39, 0.29) is 146 Å². The zero-order chi connectivity index (χ0) is 82.3. The summed E-state index contributed by atoms with van der Waals surface area (Å²) < 4.78 is 32.1. The van der Waals surface area contributed by atoms with E-state index in [0.29, 0.717) is 55.9 Å². The van der Waals surface area contributed by atoms with Crippen molar-refractivity contribution in [3.8, 4) is 23.0 Å². The van der Waals surface area contributed by atoms with E-state index in [9.17, 15) is 9.59 Å². The first kappa shape index (κ1) is 76.8. The van der Waals surface area contributed by atoms with Crippen LogP contribution >= 0.6 is 0 Å². The van der Waals surface area contributed by atoms with Crippen molar-refractivity contribution in [2.45, 2.75) is 124 Å². The highest BCUT2D eigenvalue weighted by atomic mass is 16.5. The molecule has 0 fully saturated rings. The van der Waals surface area contributed by atoms with Gasteiger partial charge < -0.3 is 39.6 Å². The van der Waals surface area contributed by atoms with Crippen LogP contribution in [0.2, 0.25) is 0 Å². The van der Waals surface area contributed by atoms with Gasteiger partial charge in [0.15, 0.2) is 0 Å². The van der Waals surface area contributed by atoms with Crippen molar-refractivity contribution in [2.75, 3.05) is 21.3 Å². The van der Waals surface area contributed by atoms with E-state index in [1.165, 1.54) is 0 Å². The molecule has 0 bridgehead atoms. The molecular weight excluding hydrogens is 1470 g/mol. The number of carbonyl (C=O) groups excluding carboxylic acids is 4. The average molecular weight is 1550 g/mol. The van der Waals surface area contributed by atoms with E-state index in [2.05, 4.69) is 107 Å². The summed E-state index contributed by atoms with van der Waals surface area (Å²) in [6.45, 7) is 29.5. The molecule has 0 aliphatic heterocycles. The van der Waals surface area contributed by atoms with Gasteiger partial charge in [0.2, 0.25) is 11.8 Å². The quantitative estimate of drug-likeness (QED) is 0.0296. The van der Waals surface area contributed by atoms with Crippen molar-refractivity contribution in [1.82, 2.24) is 19.1 Å². The van der Waals surface area contributed by atoms with Gasteiger partial charge in [-0.2, -0.15) is 0 Å². The van der Waals surface area contributed by atoms with Crippen LogP contribution in [0.4, 0.5) is 22.7 Å². The van der Waals surface area contributed by atoms with Crippen LogP contribution in [-0.2, 0) is 37.4 Å². The molecule has 16 aromatic rings. The van der Waals surface area contributed by atoms with Gasteiger partial charge in [-0.1, -0.05) is 124 Å². The normalized spacial score (nSPS) is 12.5. The Labute approximate surface area is 671 Å². The largest absolute Gasteiger partial charge is 0.457 e. The fourth-order valence-electron chi connectivity index (χ4n) is 15.6. The molecule has 2 unspecified atom stereocenters. The van der Waals surface area contributed by atoms with Crippen molar-refractivity contribution in [3.05, 3.63) is 306 Å². The lowest BCUT2D eigenvalue weighted by atomic mass is 9.84. The molecule has 4 amide bonds. The maximum Gasteiger partial charge on any atom is 0.262 e. The summed E-state index contributed by atoms with van der Waals surface area (Å²) in [4.78, 5) is 133. The highest BCUT2D eigenvalue weighted by Gasteiger charge is 2.36. The van der Waals surface area contributed by atoms with E-state index in [1.54, 1.807) is 136 Å². The number of hydrogen-bond donors (Lipinski definition) is 4. The molecule has 117 heavy (non-hydrogen) atoms. The monoisotopic (exact) mass is 1550 g/mol. The van der Waals surface area contributed by atoms with Crippen LogP contribution in [-0.4, -0.2) is 42.7 Å². The Hall–Kier alpha value is -14.1. The van der Waals surface area contributed by atoms with Crippen LogP contribution in [0.15, 0.2) is 259 Å². The molecular formula is C97H84N8O12. The number of amides is 4. The second-order valence-corrected chi connectivity index (χ2v) is 32.1. The maximum absolute atomic E-state index is 16.9. The van der Waals surface area contributed by atoms with Crippen LogP contribution in [0.3, 0.4) is 0 Å². The van der Waals surface area contributed by atoms with E-state index in [1.807, 2.05) is 84.9 Å². The van der Waals surface area contributed by atoms with Crippen LogP contribution in [0.25, 0.3) is 97.7 Å². The van der Waals surface area contributed by atoms with E-state index >= 15 is 28.8 Å². The van der Waals surface area contributed by atoms with Gasteiger partial charge in [-0.05, 0) is 204 Å². The number of nitrogens with one attached hydrogen (secondary N) is 4. The summed E-state index contributed by atoms with van der Waals surface area (Å²) in [5.41, 5.74) is 3.66. The van der Waals surface area contributed by atoms with Crippen LogP contribution in [0, 0.1) is 0 Å². The van der Waals surface area contributed by atoms with Gasteiger partial charge in [0.1, 0.15) is 57.4 Å². The van der Waals surface area contributed by atoms with Crippen molar-refractivity contribution in [1.29, 1.82) is 0 Å². The van der Waals surface area contributed by atoms with Crippen LogP contribution < -0.4 is 53.0 Å². The van der Waals surface area contributed by atoms with Gasteiger partial charge in [0.25, 0.3) is 34.1 Å². The number of ether oxygens (including phenoxy) is 2. The zero-order valence-electron chi connectivity index (χ0n) is 66.5. The fourth-order valence-corrected chi connectivity index (χ4v) is 15.6. The summed E-state index contributed by atoms with van der Waals surface area (Å²) in [6, 6.07) is 49.8. The minimum absolute atomic E-state index is 0.00138. The number of hydrogen-bond acceptors (Lipinski definition) is 14. The lowest BCUT2D eigenvalue weighted by Gasteiger charge is -2.25. The molecule has 0 spiro atoms. The summed E-state index contributed by atoms with van der Waals surface area (Å²) in [7, 11) is 0. The second-order valence-electron chi connectivity index (χ2n) is 32.1. The number of benzene rings is 11. The number of anilines is 4. The Kier molecular flexibility index (Phi) is 19.9. The van der Waals surface area contributed by atoms with Gasteiger partial charge in [-0.15, -0.1) is 0 Å². The second kappa shape index (κ2) is 30.3. The number of rotatable bonds is 21. The SMILES string of the molecule is C=C(C)C(=O)Nc1cccc(NC(=O)C(Cc2ccncc2)n2c(=O)c3cc(Oc4ccc(C(C)C)cc4)c4c5c(Oc6ccc(C(C)(C)C)cc6)cc6c(=O)n(C(Cc7ccncc7)C(=O)Nc7cccc(NC(=O)C(=C)C)c7)c(=O)c7cc8oc9ccc(C(C)C)cc9c9cc(C(C)C)ccc9oc9cc(c2=O)c3c4c9c8c5c67)c1.